The number of nitrogens with zero attached hydrogens (tertiary/aromatic N) is 2. The maximum atomic E-state index is 12.9. The molecule has 0 bridgehead atoms. The molecule has 0 spiro atoms. The van der Waals surface area contributed by atoms with Gasteiger partial charge in [0.25, 0.3) is 0 Å². The van der Waals surface area contributed by atoms with Gasteiger partial charge in [-0.2, -0.15) is 0 Å². The number of hydrogen-bond donors (Lipinski definition) is 1. The van der Waals surface area contributed by atoms with Gasteiger partial charge >= 0.3 is 0 Å². The lowest BCUT2D eigenvalue weighted by molar-refractivity contribution is -0.122. The third kappa shape index (κ3) is 4.63. The largest absolute Gasteiger partial charge is 0.497 e. The lowest BCUT2D eigenvalue weighted by Gasteiger charge is -2.27. The molecule has 0 saturated carbocycles. The second-order valence-electron chi connectivity index (χ2n) is 7.64. The Morgan fingerprint density at radius 2 is 1.87 bits per heavy atom. The maximum absolute atomic E-state index is 12.9. The smallest absolute Gasteiger partial charge is 0.229 e. The van der Waals surface area contributed by atoms with E-state index < -0.39 is 0 Å². The first-order valence-electron chi connectivity index (χ1n) is 10.3. The minimum atomic E-state index is -0.379. The molecule has 0 unspecified atom stereocenters. The number of benzene rings is 2. The van der Waals surface area contributed by atoms with Crippen molar-refractivity contribution in [1.29, 1.82) is 0 Å². The maximum Gasteiger partial charge on any atom is 0.229 e. The van der Waals surface area contributed by atoms with Crippen molar-refractivity contribution in [2.45, 2.75) is 13.0 Å². The van der Waals surface area contributed by atoms with E-state index in [1.807, 2.05) is 48.5 Å². The van der Waals surface area contributed by atoms with E-state index in [2.05, 4.69) is 10.2 Å². The van der Waals surface area contributed by atoms with Crippen LogP contribution in [0, 0.1) is 5.92 Å². The van der Waals surface area contributed by atoms with Crippen LogP contribution in [0.4, 0.5) is 11.4 Å². The van der Waals surface area contributed by atoms with Crippen molar-refractivity contribution in [3.8, 4) is 5.75 Å². The van der Waals surface area contributed by atoms with Gasteiger partial charge in [-0.15, -0.1) is 0 Å². The van der Waals surface area contributed by atoms with Gasteiger partial charge in [-0.05, 0) is 35.9 Å². The van der Waals surface area contributed by atoms with Crippen LogP contribution in [0.5, 0.6) is 5.75 Å². The third-order valence-corrected chi connectivity index (χ3v) is 5.65. The SMILES string of the molecule is COc1ccc(N2C[C@@H](C(=O)Nc3ccccc3CN3CCOCC3)CC2=O)cc1. The molecule has 7 nitrogen and oxygen atoms in total. The Kier molecular flexibility index (Phi) is 6.30. The second kappa shape index (κ2) is 9.28. The van der Waals surface area contributed by atoms with Crippen molar-refractivity contribution in [3.63, 3.8) is 0 Å². The molecule has 0 aliphatic carbocycles. The van der Waals surface area contributed by atoms with Crippen molar-refractivity contribution < 1.29 is 19.1 Å². The number of carbonyl (C=O) groups is 2. The highest BCUT2D eigenvalue weighted by atomic mass is 16.5. The molecule has 4 rings (SSSR count). The summed E-state index contributed by atoms with van der Waals surface area (Å²) in [5, 5.41) is 3.06. The number of anilines is 2. The van der Waals surface area contributed by atoms with Gasteiger partial charge in [0.05, 0.1) is 26.2 Å². The number of carbonyl (C=O) groups excluding carboxylic acids is 2. The molecule has 1 N–H and O–H groups in total. The number of ether oxygens (including phenoxy) is 2. The van der Waals surface area contributed by atoms with E-state index in [0.717, 1.165) is 55.5 Å². The van der Waals surface area contributed by atoms with E-state index in [0.29, 0.717) is 6.54 Å². The molecule has 2 aliphatic heterocycles. The molecule has 2 aliphatic rings. The van der Waals surface area contributed by atoms with Gasteiger partial charge in [0.15, 0.2) is 0 Å². The fourth-order valence-corrected chi connectivity index (χ4v) is 3.91. The zero-order valence-corrected chi connectivity index (χ0v) is 17.2. The average molecular weight is 409 g/mol. The fourth-order valence-electron chi connectivity index (χ4n) is 3.91. The van der Waals surface area contributed by atoms with Crippen molar-refractivity contribution in [3.05, 3.63) is 54.1 Å². The summed E-state index contributed by atoms with van der Waals surface area (Å²) in [5.41, 5.74) is 2.66. The fraction of sp³-hybridized carbons (Fsp3) is 0.391. The van der Waals surface area contributed by atoms with Crippen LogP contribution >= 0.6 is 0 Å². The second-order valence-corrected chi connectivity index (χ2v) is 7.64. The van der Waals surface area contributed by atoms with Gasteiger partial charge in [-0.3, -0.25) is 14.5 Å². The Balaban J connectivity index is 1.41. The van der Waals surface area contributed by atoms with Gasteiger partial charge in [0.2, 0.25) is 11.8 Å². The quantitative estimate of drug-likeness (QED) is 0.794. The van der Waals surface area contributed by atoms with Crippen LogP contribution in [0.3, 0.4) is 0 Å². The number of para-hydroxylation sites is 1. The monoisotopic (exact) mass is 409 g/mol. The predicted octanol–water partition coefficient (Wildman–Crippen LogP) is 2.52. The first-order valence-corrected chi connectivity index (χ1v) is 10.3. The minimum Gasteiger partial charge on any atom is -0.497 e. The Hall–Kier alpha value is -2.90. The first-order chi connectivity index (χ1) is 14.6. The van der Waals surface area contributed by atoms with Crippen LogP contribution in [0.2, 0.25) is 0 Å². The topological polar surface area (TPSA) is 71.1 Å². The summed E-state index contributed by atoms with van der Waals surface area (Å²) < 4.78 is 10.6. The van der Waals surface area contributed by atoms with Gasteiger partial charge < -0.3 is 19.7 Å². The van der Waals surface area contributed by atoms with Crippen molar-refractivity contribution in [2.24, 2.45) is 5.92 Å². The summed E-state index contributed by atoms with van der Waals surface area (Å²) in [7, 11) is 1.60. The van der Waals surface area contributed by atoms with E-state index >= 15 is 0 Å². The molecule has 0 radical (unpaired) electrons. The molecule has 2 heterocycles. The molecule has 2 saturated heterocycles. The van der Waals surface area contributed by atoms with Crippen molar-refractivity contribution >= 4 is 23.2 Å². The van der Waals surface area contributed by atoms with E-state index in [1.165, 1.54) is 0 Å². The highest BCUT2D eigenvalue weighted by molar-refractivity contribution is 6.03. The van der Waals surface area contributed by atoms with E-state index in [1.54, 1.807) is 12.0 Å². The molecular formula is C23H27N3O4. The molecule has 2 fully saturated rings. The molecule has 1 atom stereocenters. The highest BCUT2D eigenvalue weighted by Gasteiger charge is 2.35. The molecule has 30 heavy (non-hydrogen) atoms. The van der Waals surface area contributed by atoms with Crippen LogP contribution in [-0.2, 0) is 20.9 Å². The van der Waals surface area contributed by atoms with Crippen LogP contribution in [0.15, 0.2) is 48.5 Å². The highest BCUT2D eigenvalue weighted by Crippen LogP contribution is 2.28. The van der Waals surface area contributed by atoms with Gasteiger partial charge in [-0.25, -0.2) is 0 Å². The summed E-state index contributed by atoms with van der Waals surface area (Å²) in [5.74, 6) is 0.198. The van der Waals surface area contributed by atoms with Gasteiger partial charge in [0, 0.05) is 44.0 Å². The standard InChI is InChI=1S/C23H27N3O4/c1-29-20-8-6-19(7-9-20)26-16-18(14-22(26)27)23(28)24-21-5-3-2-4-17(21)15-25-10-12-30-13-11-25/h2-9,18H,10-16H2,1H3,(H,24,28)/t18-/m0/s1. The molecular weight excluding hydrogens is 382 g/mol. The number of rotatable bonds is 6. The zero-order valence-electron chi connectivity index (χ0n) is 17.2. The lowest BCUT2D eigenvalue weighted by Crippen LogP contribution is -2.36. The number of methoxy groups -OCH3 is 1. The van der Waals surface area contributed by atoms with Gasteiger partial charge in [0.1, 0.15) is 5.75 Å². The lowest BCUT2D eigenvalue weighted by atomic mass is 10.1. The third-order valence-electron chi connectivity index (χ3n) is 5.65. The van der Waals surface area contributed by atoms with E-state index in [-0.39, 0.29) is 24.2 Å². The molecule has 158 valence electrons. The molecule has 2 aromatic carbocycles. The molecule has 2 amide bonds. The van der Waals surface area contributed by atoms with E-state index in [4.69, 9.17) is 9.47 Å². The first kappa shape index (κ1) is 20.4. The summed E-state index contributed by atoms with van der Waals surface area (Å²) in [6, 6.07) is 15.2. The van der Waals surface area contributed by atoms with E-state index in [9.17, 15) is 9.59 Å². The van der Waals surface area contributed by atoms with Crippen LogP contribution in [-0.4, -0.2) is 56.7 Å². The van der Waals surface area contributed by atoms with Crippen LogP contribution < -0.4 is 15.0 Å². The summed E-state index contributed by atoms with van der Waals surface area (Å²) in [4.78, 5) is 29.4. The Bertz CT molecular complexity index is 894. The molecule has 0 aromatic heterocycles. The molecule has 2 aromatic rings. The Labute approximate surface area is 176 Å². The Morgan fingerprint density at radius 3 is 2.60 bits per heavy atom. The minimum absolute atomic E-state index is 0.0399. The van der Waals surface area contributed by atoms with Crippen molar-refractivity contribution in [1.82, 2.24) is 4.90 Å². The number of hydrogen-bond acceptors (Lipinski definition) is 5. The van der Waals surface area contributed by atoms with Crippen LogP contribution in [0.25, 0.3) is 0 Å². The summed E-state index contributed by atoms with van der Waals surface area (Å²) in [6.45, 7) is 4.39. The number of morpholine rings is 1. The average Bonchev–Trinajstić information content (AvgIpc) is 3.18. The number of amides is 2. The van der Waals surface area contributed by atoms with Crippen LogP contribution in [0.1, 0.15) is 12.0 Å². The van der Waals surface area contributed by atoms with Crippen molar-refractivity contribution in [2.75, 3.05) is 50.2 Å². The zero-order chi connectivity index (χ0) is 20.9. The summed E-state index contributed by atoms with van der Waals surface area (Å²) in [6.07, 6.45) is 0.212. The van der Waals surface area contributed by atoms with Gasteiger partial charge in [-0.1, -0.05) is 18.2 Å². The predicted molar refractivity (Wildman–Crippen MR) is 115 cm³/mol. The molecule has 7 heteroatoms. The summed E-state index contributed by atoms with van der Waals surface area (Å²) >= 11 is 0. The Morgan fingerprint density at radius 1 is 1.13 bits per heavy atom. The normalized spacial score (nSPS) is 19.7. The number of nitrogens with one attached hydrogen (secondary N) is 1.